The Morgan fingerprint density at radius 2 is 2.28 bits per heavy atom. The molecule has 1 aromatic rings. The van der Waals surface area contributed by atoms with Gasteiger partial charge in [-0.2, -0.15) is 5.26 Å². The highest BCUT2D eigenvalue weighted by atomic mass is 16.6. The molecule has 1 fully saturated rings. The molecule has 1 aliphatic carbocycles. The maximum Gasteiger partial charge on any atom is 0.309 e. The van der Waals surface area contributed by atoms with Crippen LogP contribution in [-0.4, -0.2) is 11.5 Å². The van der Waals surface area contributed by atoms with E-state index < -0.39 is 4.92 Å². The maximum atomic E-state index is 11.0. The van der Waals surface area contributed by atoms with Crippen LogP contribution in [0, 0.1) is 27.4 Å². The predicted molar refractivity (Wildman–Crippen MR) is 68.3 cm³/mol. The highest BCUT2D eigenvalue weighted by Gasteiger charge is 2.21. The minimum absolute atomic E-state index is 0.104. The van der Waals surface area contributed by atoms with E-state index in [1.165, 1.54) is 25.3 Å². The van der Waals surface area contributed by atoms with E-state index in [1.807, 2.05) is 6.07 Å². The minimum Gasteiger partial charge on any atom is -0.379 e. The molecular weight excluding hydrogens is 230 g/mol. The fourth-order valence-electron chi connectivity index (χ4n) is 1.99. The lowest BCUT2D eigenvalue weighted by Gasteiger charge is -2.07. The molecule has 18 heavy (non-hydrogen) atoms. The maximum absolute atomic E-state index is 11.0. The van der Waals surface area contributed by atoms with E-state index in [0.717, 1.165) is 12.3 Å². The lowest BCUT2D eigenvalue weighted by atomic mass is 10.1. The van der Waals surface area contributed by atoms with Gasteiger partial charge in [-0.25, -0.2) is 0 Å². The van der Waals surface area contributed by atoms with Crippen molar-refractivity contribution in [2.45, 2.75) is 25.7 Å². The molecule has 1 aliphatic rings. The van der Waals surface area contributed by atoms with E-state index in [0.29, 0.717) is 12.2 Å². The Bertz CT molecular complexity index is 489. The van der Waals surface area contributed by atoms with Crippen LogP contribution in [0.4, 0.5) is 11.4 Å². The molecule has 5 nitrogen and oxygen atoms in total. The van der Waals surface area contributed by atoms with Crippen LogP contribution < -0.4 is 5.32 Å². The number of nitrogens with zero attached hydrogens (tertiary/aromatic N) is 2. The van der Waals surface area contributed by atoms with Gasteiger partial charge in [-0.15, -0.1) is 0 Å². The summed E-state index contributed by atoms with van der Waals surface area (Å²) in [5.74, 6) is 0.868. The number of rotatable bonds is 6. The van der Waals surface area contributed by atoms with Gasteiger partial charge < -0.3 is 5.32 Å². The van der Waals surface area contributed by atoms with Crippen LogP contribution in [0.5, 0.6) is 0 Å². The summed E-state index contributed by atoms with van der Waals surface area (Å²) >= 11 is 0. The van der Waals surface area contributed by atoms with Crippen molar-refractivity contribution < 1.29 is 4.92 Å². The molecule has 0 unspecified atom stereocenters. The Kier molecular flexibility index (Phi) is 3.78. The molecule has 0 heterocycles. The first-order chi connectivity index (χ1) is 8.72. The Hall–Kier alpha value is -2.09. The van der Waals surface area contributed by atoms with Crippen molar-refractivity contribution in [2.24, 2.45) is 5.92 Å². The number of hydrogen-bond donors (Lipinski definition) is 1. The Balaban J connectivity index is 2.01. The summed E-state index contributed by atoms with van der Waals surface area (Å²) in [5.41, 5.74) is 0.425. The second-order valence-electron chi connectivity index (χ2n) is 4.58. The number of nitriles is 1. The average Bonchev–Trinajstić information content (AvgIpc) is 3.18. The Morgan fingerprint density at radius 3 is 2.89 bits per heavy atom. The molecule has 0 bridgehead atoms. The van der Waals surface area contributed by atoms with E-state index in [-0.39, 0.29) is 11.3 Å². The van der Waals surface area contributed by atoms with Gasteiger partial charge in [0.15, 0.2) is 0 Å². The zero-order valence-electron chi connectivity index (χ0n) is 10.1. The monoisotopic (exact) mass is 245 g/mol. The summed E-state index contributed by atoms with van der Waals surface area (Å²) in [6.07, 6.45) is 4.84. The molecule has 94 valence electrons. The average molecular weight is 245 g/mol. The van der Waals surface area contributed by atoms with Gasteiger partial charge in [0.25, 0.3) is 0 Å². The van der Waals surface area contributed by atoms with Crippen molar-refractivity contribution in [3.63, 3.8) is 0 Å². The van der Waals surface area contributed by atoms with Crippen molar-refractivity contribution in [3.8, 4) is 6.07 Å². The summed E-state index contributed by atoms with van der Waals surface area (Å²) in [5, 5.41) is 22.9. The quantitative estimate of drug-likeness (QED) is 0.474. The van der Waals surface area contributed by atoms with Crippen molar-refractivity contribution in [2.75, 3.05) is 11.9 Å². The number of hydrogen-bond acceptors (Lipinski definition) is 4. The fourth-order valence-corrected chi connectivity index (χ4v) is 1.99. The first-order valence-electron chi connectivity index (χ1n) is 6.13. The van der Waals surface area contributed by atoms with Gasteiger partial charge in [0, 0.05) is 6.54 Å². The van der Waals surface area contributed by atoms with Crippen LogP contribution in [0.25, 0.3) is 0 Å². The van der Waals surface area contributed by atoms with Gasteiger partial charge in [0.05, 0.1) is 4.92 Å². The highest BCUT2D eigenvalue weighted by Crippen LogP contribution is 2.33. The zero-order chi connectivity index (χ0) is 13.0. The van der Waals surface area contributed by atoms with E-state index >= 15 is 0 Å². The second kappa shape index (κ2) is 5.50. The number of benzene rings is 1. The van der Waals surface area contributed by atoms with Crippen LogP contribution in [0.3, 0.4) is 0 Å². The SMILES string of the molecule is N#Cc1cccc(NCCCC2CC2)c1[N+](=O)[O-]. The number of nitro groups is 1. The zero-order valence-corrected chi connectivity index (χ0v) is 10.1. The molecular formula is C13H15N3O2. The second-order valence-corrected chi connectivity index (χ2v) is 4.58. The lowest BCUT2D eigenvalue weighted by Crippen LogP contribution is -2.05. The van der Waals surface area contributed by atoms with E-state index in [1.54, 1.807) is 12.1 Å². The smallest absolute Gasteiger partial charge is 0.309 e. The van der Waals surface area contributed by atoms with Crippen LogP contribution >= 0.6 is 0 Å². The van der Waals surface area contributed by atoms with Crippen LogP contribution in [-0.2, 0) is 0 Å². The molecule has 0 aromatic heterocycles. The highest BCUT2D eigenvalue weighted by molar-refractivity contribution is 5.68. The molecule has 0 spiro atoms. The summed E-state index contributed by atoms with van der Waals surface area (Å²) in [7, 11) is 0. The third kappa shape index (κ3) is 2.98. The van der Waals surface area contributed by atoms with Crippen molar-refractivity contribution in [1.82, 2.24) is 0 Å². The largest absolute Gasteiger partial charge is 0.379 e. The van der Waals surface area contributed by atoms with Crippen molar-refractivity contribution in [1.29, 1.82) is 5.26 Å². The van der Waals surface area contributed by atoms with Gasteiger partial charge in [-0.05, 0) is 30.9 Å². The van der Waals surface area contributed by atoms with E-state index in [9.17, 15) is 10.1 Å². The number of anilines is 1. The first-order valence-corrected chi connectivity index (χ1v) is 6.13. The van der Waals surface area contributed by atoms with Gasteiger partial charge in [0.1, 0.15) is 17.3 Å². The normalized spacial score (nSPS) is 13.9. The predicted octanol–water partition coefficient (Wildman–Crippen LogP) is 3.07. The molecule has 2 rings (SSSR count). The van der Waals surface area contributed by atoms with E-state index in [4.69, 9.17) is 5.26 Å². The number of nitrogens with one attached hydrogen (secondary N) is 1. The van der Waals surface area contributed by atoms with E-state index in [2.05, 4.69) is 5.32 Å². The molecule has 1 saturated carbocycles. The summed E-state index contributed by atoms with van der Waals surface area (Å²) < 4.78 is 0. The van der Waals surface area contributed by atoms with Gasteiger partial charge in [0.2, 0.25) is 0 Å². The summed E-state index contributed by atoms with van der Waals surface area (Å²) in [6, 6.07) is 6.63. The van der Waals surface area contributed by atoms with Gasteiger partial charge in [-0.1, -0.05) is 18.9 Å². The molecule has 0 saturated heterocycles. The molecule has 0 radical (unpaired) electrons. The standard InChI is InChI=1S/C13H15N3O2/c14-9-11-4-1-5-12(13(11)16(17)18)15-8-2-3-10-6-7-10/h1,4-5,10,15H,2-3,6-8H2. The van der Waals surface area contributed by atoms with Crippen LogP contribution in [0.1, 0.15) is 31.2 Å². The van der Waals surface area contributed by atoms with Gasteiger partial charge in [-0.3, -0.25) is 10.1 Å². The molecule has 0 atom stereocenters. The molecule has 1 N–H and O–H groups in total. The van der Waals surface area contributed by atoms with Gasteiger partial charge >= 0.3 is 5.69 Å². The lowest BCUT2D eigenvalue weighted by molar-refractivity contribution is -0.384. The third-order valence-electron chi connectivity index (χ3n) is 3.14. The Labute approximate surface area is 106 Å². The van der Waals surface area contributed by atoms with Crippen LogP contribution in [0.2, 0.25) is 0 Å². The van der Waals surface area contributed by atoms with Crippen molar-refractivity contribution >= 4 is 11.4 Å². The number of nitro benzene ring substituents is 1. The summed E-state index contributed by atoms with van der Waals surface area (Å²) in [6.45, 7) is 0.715. The topological polar surface area (TPSA) is 79.0 Å². The Morgan fingerprint density at radius 1 is 1.50 bits per heavy atom. The molecule has 1 aromatic carbocycles. The number of para-hydroxylation sites is 1. The minimum atomic E-state index is -0.498. The molecule has 5 heteroatoms. The third-order valence-corrected chi connectivity index (χ3v) is 3.14. The molecule has 0 aliphatic heterocycles. The van der Waals surface area contributed by atoms with Crippen molar-refractivity contribution in [3.05, 3.63) is 33.9 Å². The fraction of sp³-hybridized carbons (Fsp3) is 0.462. The first kappa shape index (κ1) is 12.4. The molecule has 0 amide bonds. The summed E-state index contributed by atoms with van der Waals surface area (Å²) in [4.78, 5) is 10.5. The van der Waals surface area contributed by atoms with Crippen LogP contribution in [0.15, 0.2) is 18.2 Å².